The van der Waals surface area contributed by atoms with Crippen LogP contribution in [0, 0.1) is 5.82 Å². The summed E-state index contributed by atoms with van der Waals surface area (Å²) in [6, 6.07) is 10.5. The van der Waals surface area contributed by atoms with Crippen molar-refractivity contribution in [3.8, 4) is 0 Å². The van der Waals surface area contributed by atoms with Gasteiger partial charge in [-0.3, -0.25) is 9.48 Å². The Morgan fingerprint density at radius 3 is 3.00 bits per heavy atom. The molecule has 6 nitrogen and oxygen atoms in total. The first kappa shape index (κ1) is 19.4. The number of benzene rings is 1. The molecule has 0 saturated carbocycles. The van der Waals surface area contributed by atoms with E-state index in [1.54, 1.807) is 30.3 Å². The van der Waals surface area contributed by atoms with Gasteiger partial charge >= 0.3 is 0 Å². The SMILES string of the molecule is CN(Cc1ccco1)C(=O)c1nn(C)c2c1CC(NCc1cccc(F)c1)CC2. The first-order valence-electron chi connectivity index (χ1n) is 9.81. The molecule has 29 heavy (non-hydrogen) atoms. The summed E-state index contributed by atoms with van der Waals surface area (Å²) < 4.78 is 20.6. The van der Waals surface area contributed by atoms with E-state index in [-0.39, 0.29) is 17.8 Å². The second-order valence-corrected chi connectivity index (χ2v) is 7.59. The van der Waals surface area contributed by atoms with Gasteiger partial charge in [0.05, 0.1) is 12.8 Å². The largest absolute Gasteiger partial charge is 0.467 e. The van der Waals surface area contributed by atoms with E-state index >= 15 is 0 Å². The van der Waals surface area contributed by atoms with Gasteiger partial charge in [-0.15, -0.1) is 0 Å². The second kappa shape index (κ2) is 8.21. The van der Waals surface area contributed by atoms with Crippen molar-refractivity contribution in [2.45, 2.75) is 38.4 Å². The molecule has 4 rings (SSSR count). The van der Waals surface area contributed by atoms with Crippen molar-refractivity contribution in [3.05, 3.63) is 76.8 Å². The fourth-order valence-electron chi connectivity index (χ4n) is 3.93. The number of carbonyl (C=O) groups excluding carboxylic acids is 1. The molecule has 1 amide bonds. The van der Waals surface area contributed by atoms with Gasteiger partial charge < -0.3 is 14.6 Å². The molecule has 1 aliphatic carbocycles. The summed E-state index contributed by atoms with van der Waals surface area (Å²) in [4.78, 5) is 14.7. The summed E-state index contributed by atoms with van der Waals surface area (Å²) >= 11 is 0. The van der Waals surface area contributed by atoms with E-state index in [1.807, 2.05) is 29.9 Å². The van der Waals surface area contributed by atoms with E-state index in [2.05, 4.69) is 10.4 Å². The number of furan rings is 1. The third-order valence-electron chi connectivity index (χ3n) is 5.46. The molecule has 1 aliphatic rings. The Bertz CT molecular complexity index is 996. The maximum absolute atomic E-state index is 13.4. The molecule has 3 aromatic rings. The Morgan fingerprint density at radius 1 is 1.38 bits per heavy atom. The number of nitrogens with zero attached hydrogens (tertiary/aromatic N) is 3. The van der Waals surface area contributed by atoms with Crippen LogP contribution in [0.5, 0.6) is 0 Å². The van der Waals surface area contributed by atoms with Crippen molar-refractivity contribution in [2.75, 3.05) is 7.05 Å². The number of hydrogen-bond acceptors (Lipinski definition) is 4. The molecule has 0 aliphatic heterocycles. The molecule has 0 fully saturated rings. The first-order chi connectivity index (χ1) is 14.0. The normalized spacial score (nSPS) is 15.9. The van der Waals surface area contributed by atoms with Crippen molar-refractivity contribution in [2.24, 2.45) is 7.05 Å². The Labute approximate surface area is 169 Å². The summed E-state index contributed by atoms with van der Waals surface area (Å²) in [5.41, 5.74) is 3.54. The predicted molar refractivity (Wildman–Crippen MR) is 107 cm³/mol. The Kier molecular flexibility index (Phi) is 5.49. The van der Waals surface area contributed by atoms with Crippen LogP contribution < -0.4 is 5.32 Å². The molecule has 0 bridgehead atoms. The van der Waals surface area contributed by atoms with Crippen LogP contribution in [0.2, 0.25) is 0 Å². The van der Waals surface area contributed by atoms with E-state index < -0.39 is 0 Å². The molecule has 1 unspecified atom stereocenters. The number of nitrogens with one attached hydrogen (secondary N) is 1. The number of aryl methyl sites for hydroxylation is 1. The van der Waals surface area contributed by atoms with Crippen LogP contribution in [0.15, 0.2) is 47.1 Å². The van der Waals surface area contributed by atoms with Crippen molar-refractivity contribution >= 4 is 5.91 Å². The van der Waals surface area contributed by atoms with Crippen LogP contribution >= 0.6 is 0 Å². The third-order valence-corrected chi connectivity index (χ3v) is 5.46. The Hall–Kier alpha value is -2.93. The maximum atomic E-state index is 13.4. The molecular formula is C22H25FN4O2. The zero-order valence-corrected chi connectivity index (χ0v) is 16.7. The quantitative estimate of drug-likeness (QED) is 0.696. The molecule has 1 N–H and O–H groups in total. The number of fused-ring (bicyclic) bond motifs is 1. The van der Waals surface area contributed by atoms with Crippen molar-refractivity contribution in [1.82, 2.24) is 20.0 Å². The third kappa shape index (κ3) is 4.24. The average molecular weight is 396 g/mol. The van der Waals surface area contributed by atoms with Gasteiger partial charge in [0.15, 0.2) is 5.69 Å². The summed E-state index contributed by atoms with van der Waals surface area (Å²) in [6.07, 6.45) is 4.14. The van der Waals surface area contributed by atoms with Gasteiger partial charge in [-0.25, -0.2) is 4.39 Å². The van der Waals surface area contributed by atoms with Gasteiger partial charge in [-0.1, -0.05) is 12.1 Å². The number of amides is 1. The topological polar surface area (TPSA) is 63.3 Å². The predicted octanol–water partition coefficient (Wildman–Crippen LogP) is 3.07. The minimum atomic E-state index is -0.227. The number of aromatic nitrogens is 2. The summed E-state index contributed by atoms with van der Waals surface area (Å²) in [5.74, 6) is 0.402. The highest BCUT2D eigenvalue weighted by Gasteiger charge is 2.29. The molecule has 152 valence electrons. The zero-order valence-electron chi connectivity index (χ0n) is 16.7. The monoisotopic (exact) mass is 396 g/mol. The van der Waals surface area contributed by atoms with Crippen LogP contribution in [0.1, 0.15) is 39.5 Å². The molecular weight excluding hydrogens is 371 g/mol. The molecule has 1 aromatic carbocycles. The van der Waals surface area contributed by atoms with Crippen LogP contribution in [0.4, 0.5) is 4.39 Å². The first-order valence-corrected chi connectivity index (χ1v) is 9.81. The lowest BCUT2D eigenvalue weighted by Crippen LogP contribution is -2.35. The fourth-order valence-corrected chi connectivity index (χ4v) is 3.93. The number of rotatable bonds is 6. The standard InChI is InChI=1S/C22H25FN4O2/c1-26(14-18-7-4-10-29-18)22(28)21-19-12-17(8-9-20(19)27(2)25-21)24-13-15-5-3-6-16(23)11-15/h3-7,10-11,17,24H,8-9,12-14H2,1-2H3. The van der Waals surface area contributed by atoms with Crippen molar-refractivity contribution in [1.29, 1.82) is 0 Å². The maximum Gasteiger partial charge on any atom is 0.274 e. The fraction of sp³-hybridized carbons (Fsp3) is 0.364. The highest BCUT2D eigenvalue weighted by Crippen LogP contribution is 2.26. The summed E-state index contributed by atoms with van der Waals surface area (Å²) in [6.45, 7) is 0.998. The van der Waals surface area contributed by atoms with Gasteiger partial charge in [0.1, 0.15) is 11.6 Å². The summed E-state index contributed by atoms with van der Waals surface area (Å²) in [5, 5.41) is 8.03. The van der Waals surface area contributed by atoms with E-state index in [4.69, 9.17) is 4.42 Å². The smallest absolute Gasteiger partial charge is 0.274 e. The van der Waals surface area contributed by atoms with Crippen LogP contribution in [-0.4, -0.2) is 33.7 Å². The van der Waals surface area contributed by atoms with Crippen LogP contribution in [0.25, 0.3) is 0 Å². The second-order valence-electron chi connectivity index (χ2n) is 7.59. The highest BCUT2D eigenvalue weighted by molar-refractivity contribution is 5.94. The zero-order chi connectivity index (χ0) is 20.4. The minimum absolute atomic E-state index is 0.107. The Balaban J connectivity index is 1.46. The van der Waals surface area contributed by atoms with E-state index in [0.717, 1.165) is 41.8 Å². The molecule has 7 heteroatoms. The van der Waals surface area contributed by atoms with Crippen molar-refractivity contribution < 1.29 is 13.6 Å². The van der Waals surface area contributed by atoms with Crippen molar-refractivity contribution in [3.63, 3.8) is 0 Å². The number of hydrogen-bond donors (Lipinski definition) is 1. The van der Waals surface area contributed by atoms with Gasteiger partial charge in [0, 0.05) is 37.9 Å². The van der Waals surface area contributed by atoms with E-state index in [9.17, 15) is 9.18 Å². The molecule has 0 saturated heterocycles. The van der Waals surface area contributed by atoms with Gasteiger partial charge in [-0.05, 0) is 49.1 Å². The number of carbonyl (C=O) groups is 1. The van der Waals surface area contributed by atoms with Gasteiger partial charge in [0.2, 0.25) is 0 Å². The molecule has 2 heterocycles. The van der Waals surface area contributed by atoms with Crippen LogP contribution in [0.3, 0.4) is 0 Å². The van der Waals surface area contributed by atoms with Gasteiger partial charge in [-0.2, -0.15) is 5.10 Å². The highest BCUT2D eigenvalue weighted by atomic mass is 19.1. The minimum Gasteiger partial charge on any atom is -0.467 e. The molecule has 2 aromatic heterocycles. The molecule has 0 radical (unpaired) electrons. The summed E-state index contributed by atoms with van der Waals surface area (Å²) in [7, 11) is 3.65. The molecule has 1 atom stereocenters. The Morgan fingerprint density at radius 2 is 2.24 bits per heavy atom. The lowest BCUT2D eigenvalue weighted by molar-refractivity contribution is 0.0767. The van der Waals surface area contributed by atoms with Gasteiger partial charge in [0.25, 0.3) is 5.91 Å². The van der Waals surface area contributed by atoms with Crippen LogP contribution in [-0.2, 0) is 33.0 Å². The number of halogens is 1. The molecule has 0 spiro atoms. The lowest BCUT2D eigenvalue weighted by Gasteiger charge is -2.25. The average Bonchev–Trinajstić information content (AvgIpc) is 3.33. The van der Waals surface area contributed by atoms with E-state index in [0.29, 0.717) is 18.8 Å². The lowest BCUT2D eigenvalue weighted by atomic mass is 9.91. The van der Waals surface area contributed by atoms with E-state index in [1.165, 1.54) is 6.07 Å².